The van der Waals surface area contributed by atoms with E-state index in [2.05, 4.69) is 12.2 Å². The Kier molecular flexibility index (Phi) is 17.1. The molecule has 1 N–H and O–H groups in total. The van der Waals surface area contributed by atoms with Crippen LogP contribution >= 0.6 is 43.0 Å². The second kappa shape index (κ2) is 18.6. The minimum Gasteiger partial charge on any atom is -0.292 e. The number of nitrogens with one attached hydrogen (secondary N) is 1. The van der Waals surface area contributed by atoms with Crippen molar-refractivity contribution in [2.75, 3.05) is 0 Å². The highest BCUT2D eigenvalue weighted by Crippen LogP contribution is 2.32. The molecule has 0 spiro atoms. The van der Waals surface area contributed by atoms with Crippen LogP contribution in [0, 0.1) is 3.57 Å². The van der Waals surface area contributed by atoms with Crippen molar-refractivity contribution in [1.29, 1.82) is 0 Å². The molecular weight excluding hydrogens is 576 g/mol. The molecule has 0 saturated heterocycles. The van der Waals surface area contributed by atoms with Crippen LogP contribution in [0.4, 0.5) is 0 Å². The van der Waals surface area contributed by atoms with Crippen molar-refractivity contribution < 1.29 is 15.7 Å². The Balaban J connectivity index is 2.11. The average Bonchev–Trinajstić information content (AvgIpc) is 2.75. The van der Waals surface area contributed by atoms with Gasteiger partial charge in [-0.3, -0.25) is 14.9 Å². The maximum absolute atomic E-state index is 12.3. The molecule has 1 aromatic carbocycles. The normalized spacial score (nSPS) is 11.2. The summed E-state index contributed by atoms with van der Waals surface area (Å²) in [6.07, 6.45) is 18.8. The van der Waals surface area contributed by atoms with Gasteiger partial charge in [-0.15, -0.1) is 0 Å². The lowest BCUT2D eigenvalue weighted by Crippen LogP contribution is -2.30. The van der Waals surface area contributed by atoms with E-state index in [9.17, 15) is 15.7 Å². The van der Waals surface area contributed by atoms with Gasteiger partial charge < -0.3 is 0 Å². The van der Waals surface area contributed by atoms with E-state index in [1.807, 2.05) is 0 Å². The number of rotatable bonds is 18. The molecule has 8 heteroatoms. The zero-order chi connectivity index (χ0) is 24.5. The van der Waals surface area contributed by atoms with Crippen LogP contribution in [0.25, 0.3) is 0 Å². The van der Waals surface area contributed by atoms with Gasteiger partial charge in [0.1, 0.15) is 3.57 Å². The van der Waals surface area contributed by atoms with Crippen molar-refractivity contribution in [3.8, 4) is 0 Å². The molecule has 0 heterocycles. The summed E-state index contributed by atoms with van der Waals surface area (Å²) in [4.78, 5) is 24.4. The molecule has 2 amide bonds. The lowest BCUT2D eigenvalue weighted by molar-refractivity contribution is -0.120. The molecule has 1 aromatic rings. The van der Waals surface area contributed by atoms with Crippen LogP contribution in [0.3, 0.4) is 0 Å². The van der Waals surface area contributed by atoms with Crippen molar-refractivity contribution >= 4 is 54.8 Å². The third-order valence-corrected chi connectivity index (χ3v) is 8.53. The molecule has 0 atom stereocenters. The predicted molar refractivity (Wildman–Crippen MR) is 143 cm³/mol. The molecule has 0 aliphatic rings. The fourth-order valence-corrected chi connectivity index (χ4v) is 6.13. The molecule has 0 radical (unpaired) electrons. The lowest BCUT2D eigenvalue weighted by Gasteiger charge is -2.08. The summed E-state index contributed by atoms with van der Waals surface area (Å²) in [5.41, 5.74) is -0.174. The van der Waals surface area contributed by atoms with E-state index in [0.717, 1.165) is 12.8 Å². The molecule has 0 bridgehead atoms. The SMILES string of the molecule is CCCCCCCCCCCCCCCCCC(=O)NC(=O)c1cc(Cl)cc(Cl)c1I(=O)=O. The Labute approximate surface area is 215 Å². The molecular formula is C25H38Cl2INO4. The summed E-state index contributed by atoms with van der Waals surface area (Å²) in [7, 11) is 0. The molecule has 5 nitrogen and oxygen atoms in total. The van der Waals surface area contributed by atoms with Gasteiger partial charge in [0, 0.05) is 11.4 Å². The van der Waals surface area contributed by atoms with Crippen LogP contribution < -0.4 is 5.32 Å². The smallest absolute Gasteiger partial charge is 0.292 e. The van der Waals surface area contributed by atoms with Crippen LogP contribution in [0.5, 0.6) is 0 Å². The highest BCUT2D eigenvalue weighted by Gasteiger charge is 2.21. The monoisotopic (exact) mass is 613 g/mol. The number of benzene rings is 1. The van der Waals surface area contributed by atoms with Gasteiger partial charge in [0.2, 0.25) is 5.91 Å². The fraction of sp³-hybridized carbons (Fsp3) is 0.680. The zero-order valence-electron chi connectivity index (χ0n) is 19.7. The van der Waals surface area contributed by atoms with Gasteiger partial charge >= 0.3 is 19.8 Å². The first kappa shape index (κ1) is 30.3. The topological polar surface area (TPSA) is 80.3 Å². The third-order valence-electron chi connectivity index (χ3n) is 5.65. The number of carbonyl (C=O) groups is 2. The molecule has 1 rings (SSSR count). The van der Waals surface area contributed by atoms with Gasteiger partial charge in [0.25, 0.3) is 5.91 Å². The summed E-state index contributed by atoms with van der Waals surface area (Å²) >= 11 is 7.76. The summed E-state index contributed by atoms with van der Waals surface area (Å²) in [5.74, 6) is -1.21. The van der Waals surface area contributed by atoms with E-state index in [4.69, 9.17) is 23.2 Å². The van der Waals surface area contributed by atoms with E-state index >= 15 is 0 Å². The van der Waals surface area contributed by atoms with Crippen LogP contribution in [0.15, 0.2) is 12.1 Å². The number of amides is 2. The van der Waals surface area contributed by atoms with Crippen LogP contribution in [0.1, 0.15) is 120 Å². The first-order chi connectivity index (χ1) is 15.9. The lowest BCUT2D eigenvalue weighted by atomic mass is 10.0. The molecule has 0 aromatic heterocycles. The minimum absolute atomic E-state index is 0.0993. The van der Waals surface area contributed by atoms with Crippen LogP contribution in [-0.2, 0) is 10.9 Å². The van der Waals surface area contributed by atoms with Gasteiger partial charge in [-0.2, -0.15) is 0 Å². The second-order valence-corrected chi connectivity index (χ2v) is 11.7. The van der Waals surface area contributed by atoms with Gasteiger partial charge in [0.05, 0.1) is 10.6 Å². The Hall–Kier alpha value is -0.730. The summed E-state index contributed by atoms with van der Waals surface area (Å²) in [6, 6.07) is 2.49. The minimum atomic E-state index is -4.03. The molecule has 0 fully saturated rings. The predicted octanol–water partition coefficient (Wildman–Crippen LogP) is 8.88. The molecule has 0 aliphatic carbocycles. The Morgan fingerprint density at radius 3 is 1.67 bits per heavy atom. The van der Waals surface area contributed by atoms with E-state index in [1.54, 1.807) is 0 Å². The number of carbonyl (C=O) groups excluding carboxylic acids is 2. The summed E-state index contributed by atoms with van der Waals surface area (Å²) in [5, 5.41) is 2.29. The van der Waals surface area contributed by atoms with Crippen molar-refractivity contribution in [2.45, 2.75) is 110 Å². The first-order valence-electron chi connectivity index (χ1n) is 12.2. The van der Waals surface area contributed by atoms with Gasteiger partial charge in [-0.25, -0.2) is 6.14 Å². The number of unbranched alkanes of at least 4 members (excludes halogenated alkanes) is 14. The van der Waals surface area contributed by atoms with Crippen LogP contribution in [-0.4, -0.2) is 11.8 Å². The van der Waals surface area contributed by atoms with Crippen molar-refractivity contribution in [1.82, 2.24) is 5.32 Å². The zero-order valence-corrected chi connectivity index (χ0v) is 23.4. The van der Waals surface area contributed by atoms with E-state index < -0.39 is 31.6 Å². The number of hydrogen-bond donors (Lipinski definition) is 1. The Morgan fingerprint density at radius 1 is 0.758 bits per heavy atom. The quantitative estimate of drug-likeness (QED) is 0.102. The molecule has 188 valence electrons. The Bertz CT molecular complexity index is 804. The molecule has 0 aliphatic heterocycles. The van der Waals surface area contributed by atoms with Crippen molar-refractivity contribution in [3.63, 3.8) is 0 Å². The highest BCUT2D eigenvalue weighted by atomic mass is 127. The number of hydrogen-bond acceptors (Lipinski definition) is 4. The molecule has 33 heavy (non-hydrogen) atoms. The van der Waals surface area contributed by atoms with E-state index in [-0.39, 0.29) is 25.6 Å². The van der Waals surface area contributed by atoms with E-state index in [1.165, 1.54) is 89.2 Å². The van der Waals surface area contributed by atoms with Crippen LogP contribution in [0.2, 0.25) is 10.0 Å². The van der Waals surface area contributed by atoms with E-state index in [0.29, 0.717) is 6.42 Å². The Morgan fingerprint density at radius 2 is 1.21 bits per heavy atom. The summed E-state index contributed by atoms with van der Waals surface area (Å²) in [6.45, 7) is 2.25. The van der Waals surface area contributed by atoms with Gasteiger partial charge in [-0.05, 0) is 18.6 Å². The van der Waals surface area contributed by atoms with Gasteiger partial charge in [0.15, 0.2) is 0 Å². The van der Waals surface area contributed by atoms with Gasteiger partial charge in [-0.1, -0.05) is 120 Å². The maximum Gasteiger partial charge on any atom is 0.343 e. The molecule has 0 saturated carbocycles. The largest absolute Gasteiger partial charge is 0.343 e. The summed E-state index contributed by atoms with van der Waals surface area (Å²) < 4.78 is 22.8. The highest BCUT2D eigenvalue weighted by molar-refractivity contribution is 14.2. The number of imide groups is 1. The van der Waals surface area contributed by atoms with Crippen molar-refractivity contribution in [3.05, 3.63) is 31.3 Å². The fourth-order valence-electron chi connectivity index (χ4n) is 3.79. The second-order valence-electron chi connectivity index (χ2n) is 8.54. The van der Waals surface area contributed by atoms with Crippen molar-refractivity contribution in [2.24, 2.45) is 0 Å². The standard InChI is InChI=1S/C25H38Cl2INO4/c1-2-3-4-5-6-7-8-9-10-11-12-13-14-15-16-17-23(30)29-25(31)21-18-20(26)19-22(27)24(21)28(32)33/h18-19H,2-17H2,1H3,(H,29,30,31). The third kappa shape index (κ3) is 13.7. The number of halogens is 3. The molecule has 0 unspecified atom stereocenters. The first-order valence-corrected chi connectivity index (χ1v) is 15.8. The maximum atomic E-state index is 12.3. The average molecular weight is 614 g/mol.